The van der Waals surface area contributed by atoms with E-state index in [0.29, 0.717) is 6.61 Å². The van der Waals surface area contributed by atoms with Gasteiger partial charge in [0, 0.05) is 6.61 Å². The second-order valence-electron chi connectivity index (χ2n) is 7.04. The van der Waals surface area contributed by atoms with E-state index in [2.05, 4.69) is 29.2 Å². The van der Waals surface area contributed by atoms with Gasteiger partial charge in [-0.3, -0.25) is 14.4 Å². The van der Waals surface area contributed by atoms with Crippen LogP contribution in [0.3, 0.4) is 0 Å². The first-order chi connectivity index (χ1) is 13.3. The summed E-state index contributed by atoms with van der Waals surface area (Å²) in [5.41, 5.74) is 0. The Kier molecular flexibility index (Phi) is 14.6. The van der Waals surface area contributed by atoms with Crippen molar-refractivity contribution in [3.05, 3.63) is 0 Å². The van der Waals surface area contributed by atoms with Gasteiger partial charge in [-0.15, -0.1) is 0 Å². The number of carboxylic acids is 1. The molecule has 0 saturated carbocycles. The molecule has 9 nitrogen and oxygen atoms in total. The molecule has 28 heavy (non-hydrogen) atoms. The minimum absolute atomic E-state index is 0.0906. The highest BCUT2D eigenvalue weighted by Crippen LogP contribution is 2.10. The van der Waals surface area contributed by atoms with Gasteiger partial charge in [0.25, 0.3) is 0 Å². The fraction of sp³-hybridized carbons (Fsp3) is 0.789. The van der Waals surface area contributed by atoms with Crippen LogP contribution in [0.4, 0.5) is 0 Å². The van der Waals surface area contributed by atoms with E-state index in [1.54, 1.807) is 0 Å². The van der Waals surface area contributed by atoms with E-state index in [0.717, 1.165) is 25.2 Å². The molecular formula is C19H34N2O7. The summed E-state index contributed by atoms with van der Waals surface area (Å²) in [4.78, 5) is 45.3. The lowest BCUT2D eigenvalue weighted by atomic mass is 10.0. The van der Waals surface area contributed by atoms with Gasteiger partial charge in [-0.05, 0) is 12.3 Å². The third-order valence-electron chi connectivity index (χ3n) is 4.12. The van der Waals surface area contributed by atoms with Gasteiger partial charge in [-0.1, -0.05) is 46.0 Å². The molecule has 0 spiro atoms. The van der Waals surface area contributed by atoms with Crippen LogP contribution < -0.4 is 10.6 Å². The SMILES string of the molecule is COC(=O)[C@H](COCCCCCCCC(C)C)NC(=O)[C@H](CC(=O)O)NC=O. The summed E-state index contributed by atoms with van der Waals surface area (Å²) in [5.74, 6) is -2.03. The number of carbonyl (C=O) groups is 4. The van der Waals surface area contributed by atoms with E-state index in [1.807, 2.05) is 0 Å². The zero-order valence-electron chi connectivity index (χ0n) is 17.1. The second-order valence-corrected chi connectivity index (χ2v) is 7.04. The van der Waals surface area contributed by atoms with Crippen LogP contribution in [0.25, 0.3) is 0 Å². The van der Waals surface area contributed by atoms with Crippen molar-refractivity contribution < 1.29 is 33.8 Å². The monoisotopic (exact) mass is 402 g/mol. The number of esters is 1. The van der Waals surface area contributed by atoms with Crippen LogP contribution in [0.1, 0.15) is 58.8 Å². The lowest BCUT2D eigenvalue weighted by molar-refractivity contribution is -0.147. The maximum Gasteiger partial charge on any atom is 0.330 e. The van der Waals surface area contributed by atoms with Crippen LogP contribution in [0.5, 0.6) is 0 Å². The Balaban J connectivity index is 4.27. The highest BCUT2D eigenvalue weighted by atomic mass is 16.5. The van der Waals surface area contributed by atoms with Crippen molar-refractivity contribution in [3.63, 3.8) is 0 Å². The Labute approximate surface area is 166 Å². The fourth-order valence-electron chi connectivity index (χ4n) is 2.56. The largest absolute Gasteiger partial charge is 0.481 e. The maximum atomic E-state index is 12.1. The number of nitrogens with one attached hydrogen (secondary N) is 2. The van der Waals surface area contributed by atoms with E-state index in [1.165, 1.54) is 26.4 Å². The zero-order chi connectivity index (χ0) is 21.4. The molecule has 0 aliphatic rings. The highest BCUT2D eigenvalue weighted by molar-refractivity contribution is 5.91. The van der Waals surface area contributed by atoms with E-state index in [4.69, 9.17) is 9.84 Å². The molecular weight excluding hydrogens is 368 g/mol. The number of ether oxygens (including phenoxy) is 2. The number of carboxylic acid groups (broad SMARTS) is 1. The summed E-state index contributed by atoms with van der Waals surface area (Å²) >= 11 is 0. The number of hydrogen-bond acceptors (Lipinski definition) is 6. The van der Waals surface area contributed by atoms with E-state index < -0.39 is 36.4 Å². The molecule has 0 unspecified atom stereocenters. The smallest absolute Gasteiger partial charge is 0.330 e. The van der Waals surface area contributed by atoms with Gasteiger partial charge in [-0.25, -0.2) is 4.79 Å². The molecule has 0 aliphatic heterocycles. The summed E-state index contributed by atoms with van der Waals surface area (Å²) in [6.07, 6.45) is 6.28. The molecule has 0 heterocycles. The predicted molar refractivity (Wildman–Crippen MR) is 103 cm³/mol. The predicted octanol–water partition coefficient (Wildman–Crippen LogP) is 1.25. The third-order valence-corrected chi connectivity index (χ3v) is 4.12. The Morgan fingerprint density at radius 3 is 2.25 bits per heavy atom. The van der Waals surface area contributed by atoms with Gasteiger partial charge in [0.15, 0.2) is 6.04 Å². The highest BCUT2D eigenvalue weighted by Gasteiger charge is 2.27. The first-order valence-corrected chi connectivity index (χ1v) is 9.69. The quantitative estimate of drug-likeness (QED) is 0.189. The zero-order valence-corrected chi connectivity index (χ0v) is 17.1. The molecule has 0 fully saturated rings. The summed E-state index contributed by atoms with van der Waals surface area (Å²) in [5, 5.41) is 13.3. The van der Waals surface area contributed by atoms with Gasteiger partial charge < -0.3 is 25.2 Å². The summed E-state index contributed by atoms with van der Waals surface area (Å²) in [6, 6.07) is -2.36. The fourth-order valence-corrected chi connectivity index (χ4v) is 2.56. The van der Waals surface area contributed by atoms with Crippen LogP contribution in [0.15, 0.2) is 0 Å². The number of amides is 2. The van der Waals surface area contributed by atoms with Crippen LogP contribution in [-0.4, -0.2) is 61.8 Å². The number of carbonyl (C=O) groups excluding carboxylic acids is 3. The van der Waals surface area contributed by atoms with Gasteiger partial charge in [0.05, 0.1) is 20.1 Å². The van der Waals surface area contributed by atoms with Gasteiger partial charge >= 0.3 is 11.9 Å². The maximum absolute atomic E-state index is 12.1. The minimum atomic E-state index is -1.28. The number of methoxy groups -OCH3 is 1. The summed E-state index contributed by atoms with van der Waals surface area (Å²) in [7, 11) is 1.18. The molecule has 0 aliphatic carbocycles. The average Bonchev–Trinajstić information content (AvgIpc) is 2.63. The van der Waals surface area contributed by atoms with Crippen molar-refractivity contribution in [2.24, 2.45) is 5.92 Å². The van der Waals surface area contributed by atoms with Gasteiger partial charge in [0.2, 0.25) is 12.3 Å². The molecule has 2 amide bonds. The number of unbranched alkanes of at least 4 members (excludes halogenated alkanes) is 4. The number of aliphatic carboxylic acids is 1. The Hall–Kier alpha value is -2.16. The first-order valence-electron chi connectivity index (χ1n) is 9.69. The normalized spacial score (nSPS) is 12.9. The van der Waals surface area contributed by atoms with Gasteiger partial charge in [0.1, 0.15) is 6.04 Å². The molecule has 0 aromatic heterocycles. The van der Waals surface area contributed by atoms with E-state index >= 15 is 0 Å². The molecule has 0 aromatic carbocycles. The molecule has 0 aromatic rings. The molecule has 9 heteroatoms. The van der Waals surface area contributed by atoms with E-state index in [-0.39, 0.29) is 13.0 Å². The first kappa shape index (κ1) is 25.8. The van der Waals surface area contributed by atoms with E-state index in [9.17, 15) is 19.2 Å². The molecule has 3 N–H and O–H groups in total. The number of rotatable bonds is 17. The lowest BCUT2D eigenvalue weighted by Crippen LogP contribution is -2.52. The van der Waals surface area contributed by atoms with Crippen LogP contribution in [-0.2, 0) is 28.7 Å². The number of hydrogen-bond donors (Lipinski definition) is 3. The average molecular weight is 402 g/mol. The van der Waals surface area contributed by atoms with Gasteiger partial charge in [-0.2, -0.15) is 0 Å². The Morgan fingerprint density at radius 2 is 1.68 bits per heavy atom. The van der Waals surface area contributed by atoms with Crippen LogP contribution >= 0.6 is 0 Å². The van der Waals surface area contributed by atoms with Crippen molar-refractivity contribution in [3.8, 4) is 0 Å². The standard InChI is InChI=1S/C19H34N2O7/c1-14(2)9-7-5-4-6-8-10-28-12-16(19(26)27-3)21-18(25)15(20-13-22)11-17(23)24/h13-16H,4-12H2,1-3H3,(H,20,22)(H,21,25)(H,23,24)/t15-,16-/m0/s1. The Morgan fingerprint density at radius 1 is 1.04 bits per heavy atom. The third kappa shape index (κ3) is 13.1. The molecule has 0 radical (unpaired) electrons. The Bertz CT molecular complexity index is 483. The van der Waals surface area contributed by atoms with Crippen molar-refractivity contribution >= 4 is 24.3 Å². The van der Waals surface area contributed by atoms with Crippen LogP contribution in [0, 0.1) is 5.92 Å². The lowest BCUT2D eigenvalue weighted by Gasteiger charge is -2.20. The molecule has 162 valence electrons. The molecule has 0 saturated heterocycles. The van der Waals surface area contributed by atoms with Crippen molar-refractivity contribution in [1.82, 2.24) is 10.6 Å². The summed E-state index contributed by atoms with van der Waals surface area (Å²) in [6.45, 7) is 4.78. The molecule has 0 rings (SSSR count). The minimum Gasteiger partial charge on any atom is -0.481 e. The van der Waals surface area contributed by atoms with Crippen molar-refractivity contribution in [2.75, 3.05) is 20.3 Å². The van der Waals surface area contributed by atoms with Crippen LogP contribution in [0.2, 0.25) is 0 Å². The van der Waals surface area contributed by atoms with Crippen molar-refractivity contribution in [2.45, 2.75) is 70.9 Å². The molecule has 2 atom stereocenters. The second kappa shape index (κ2) is 15.9. The topological polar surface area (TPSA) is 131 Å². The van der Waals surface area contributed by atoms with Crippen molar-refractivity contribution in [1.29, 1.82) is 0 Å². The molecule has 0 bridgehead atoms. The summed E-state index contributed by atoms with van der Waals surface area (Å²) < 4.78 is 10.1.